The summed E-state index contributed by atoms with van der Waals surface area (Å²) < 4.78 is 12.6. The van der Waals surface area contributed by atoms with E-state index < -0.39 is 5.91 Å². The second-order valence-electron chi connectivity index (χ2n) is 8.47. The van der Waals surface area contributed by atoms with Crippen LogP contribution in [0.4, 0.5) is 17.2 Å². The molecule has 0 spiro atoms. The molecule has 0 radical (unpaired) electrons. The predicted octanol–water partition coefficient (Wildman–Crippen LogP) is 2.53. The fraction of sp³-hybridized carbons (Fsp3) is 0.333. The number of carbonyl (C=O) groups is 1. The van der Waals surface area contributed by atoms with E-state index in [0.29, 0.717) is 56.2 Å². The van der Waals surface area contributed by atoms with Gasteiger partial charge in [0, 0.05) is 37.3 Å². The number of ether oxygens (including phenoxy) is 1. The van der Waals surface area contributed by atoms with Crippen LogP contribution in [0.15, 0.2) is 47.3 Å². The second kappa shape index (κ2) is 9.72. The van der Waals surface area contributed by atoms with Gasteiger partial charge in [-0.2, -0.15) is 5.10 Å². The minimum atomic E-state index is -0.397. The Kier molecular flexibility index (Phi) is 6.34. The van der Waals surface area contributed by atoms with Crippen LogP contribution in [0.5, 0.6) is 0 Å². The van der Waals surface area contributed by atoms with E-state index in [2.05, 4.69) is 25.3 Å². The molecule has 4 aromatic rings. The summed E-state index contributed by atoms with van der Waals surface area (Å²) in [5.41, 5.74) is 8.97. The zero-order chi connectivity index (χ0) is 24.4. The molecule has 0 unspecified atom stereocenters. The fourth-order valence-electron chi connectivity index (χ4n) is 4.22. The zero-order valence-electron chi connectivity index (χ0n) is 19.3. The maximum absolute atomic E-state index is 13.1. The number of hydrogen-bond donors (Lipinski definition) is 3. The number of nitrogens with two attached hydrogens (primary N) is 1. The van der Waals surface area contributed by atoms with Crippen LogP contribution in [0.25, 0.3) is 22.4 Å². The van der Waals surface area contributed by atoms with Crippen LogP contribution < -0.4 is 16.0 Å². The third kappa shape index (κ3) is 4.81. The van der Waals surface area contributed by atoms with E-state index >= 15 is 0 Å². The molecule has 1 saturated heterocycles. The van der Waals surface area contributed by atoms with E-state index in [4.69, 9.17) is 14.9 Å². The number of carbonyl (C=O) groups excluding carboxylic acids is 1. The lowest BCUT2D eigenvalue weighted by Crippen LogP contribution is -2.36. The van der Waals surface area contributed by atoms with E-state index in [1.54, 1.807) is 31.6 Å². The van der Waals surface area contributed by atoms with Gasteiger partial charge >= 0.3 is 0 Å². The molecule has 0 bridgehead atoms. The van der Waals surface area contributed by atoms with Gasteiger partial charge < -0.3 is 30.2 Å². The van der Waals surface area contributed by atoms with Crippen molar-refractivity contribution in [3.05, 3.63) is 48.6 Å². The number of anilines is 3. The second-order valence-corrected chi connectivity index (χ2v) is 8.47. The lowest BCUT2D eigenvalue weighted by Gasteiger charge is -2.33. The molecule has 1 amide bonds. The molecule has 11 heteroatoms. The van der Waals surface area contributed by atoms with Gasteiger partial charge in [-0.15, -0.1) is 0 Å². The van der Waals surface area contributed by atoms with Crippen LogP contribution >= 0.6 is 0 Å². The highest BCUT2D eigenvalue weighted by Crippen LogP contribution is 2.34. The van der Waals surface area contributed by atoms with E-state index in [1.807, 2.05) is 16.8 Å². The third-order valence-electron chi connectivity index (χ3n) is 6.08. The van der Waals surface area contributed by atoms with E-state index in [0.717, 1.165) is 16.6 Å². The molecule has 0 aliphatic carbocycles. The molecule has 35 heavy (non-hydrogen) atoms. The number of benzene rings is 1. The fourth-order valence-corrected chi connectivity index (χ4v) is 4.22. The summed E-state index contributed by atoms with van der Waals surface area (Å²) in [6, 6.07) is 7.28. The number of aliphatic hydroxyl groups excluding tert-OH is 1. The molecule has 0 saturated carbocycles. The van der Waals surface area contributed by atoms with Gasteiger partial charge in [-0.25, -0.2) is 9.97 Å². The van der Waals surface area contributed by atoms with Gasteiger partial charge in [0.1, 0.15) is 12.1 Å². The number of nitrogens with zero attached hydrogens (tertiary/aromatic N) is 5. The van der Waals surface area contributed by atoms with Gasteiger partial charge in [-0.1, -0.05) is 0 Å². The number of aromatic nitrogens is 4. The molecule has 4 heterocycles. The summed E-state index contributed by atoms with van der Waals surface area (Å²) in [5.74, 6) is 0.221. The smallest absolute Gasteiger partial charge is 0.277 e. The zero-order valence-corrected chi connectivity index (χ0v) is 19.3. The maximum Gasteiger partial charge on any atom is 0.277 e. The van der Waals surface area contributed by atoms with Crippen LogP contribution in [0.1, 0.15) is 23.3 Å². The highest BCUT2D eigenvalue weighted by molar-refractivity contribution is 6.06. The van der Waals surface area contributed by atoms with Crippen molar-refractivity contribution in [2.24, 2.45) is 0 Å². The number of rotatable bonds is 7. The number of nitrogen functional groups attached to an aromatic ring is 1. The summed E-state index contributed by atoms with van der Waals surface area (Å²) in [7, 11) is 1.66. The summed E-state index contributed by atoms with van der Waals surface area (Å²) >= 11 is 0. The van der Waals surface area contributed by atoms with Crippen LogP contribution in [-0.4, -0.2) is 63.7 Å². The van der Waals surface area contributed by atoms with Crippen molar-refractivity contribution in [2.45, 2.75) is 25.5 Å². The standard InChI is InChI=1S/C24H27N7O4/c1-34-9-8-31-20-12-21(30-6-3-17(32)4-7-30)18(10-16(20)13-27-31)28-23(33)19-14-35-24(29-19)15-2-5-26-22(25)11-15/h2,5,10-14,17,32H,3-4,6-9H2,1H3,(H2,25,26)(H,28,33). The lowest BCUT2D eigenvalue weighted by molar-refractivity contribution is 0.102. The Morgan fingerprint density at radius 2 is 2.14 bits per heavy atom. The molecule has 4 N–H and O–H groups in total. The first-order valence-electron chi connectivity index (χ1n) is 11.4. The van der Waals surface area contributed by atoms with Gasteiger partial charge in [-0.05, 0) is 37.1 Å². The van der Waals surface area contributed by atoms with Crippen LogP contribution in [0.2, 0.25) is 0 Å². The molecule has 3 aromatic heterocycles. The van der Waals surface area contributed by atoms with Crippen molar-refractivity contribution in [1.29, 1.82) is 0 Å². The summed E-state index contributed by atoms with van der Waals surface area (Å²) in [6.45, 7) is 2.52. The Balaban J connectivity index is 1.45. The normalized spacial score (nSPS) is 14.5. The summed E-state index contributed by atoms with van der Waals surface area (Å²) in [6.07, 6.45) is 5.66. The first kappa shape index (κ1) is 22.8. The molecule has 1 fully saturated rings. The number of amides is 1. The largest absolute Gasteiger partial charge is 0.444 e. The maximum atomic E-state index is 13.1. The van der Waals surface area contributed by atoms with Gasteiger partial charge in [-0.3, -0.25) is 9.48 Å². The Hall–Kier alpha value is -3.96. The van der Waals surface area contributed by atoms with Crippen molar-refractivity contribution < 1.29 is 19.1 Å². The van der Waals surface area contributed by atoms with Crippen molar-refractivity contribution in [1.82, 2.24) is 19.7 Å². The number of oxazole rings is 1. The van der Waals surface area contributed by atoms with Gasteiger partial charge in [0.2, 0.25) is 5.89 Å². The Bertz CT molecular complexity index is 1340. The number of aliphatic hydroxyl groups is 1. The summed E-state index contributed by atoms with van der Waals surface area (Å²) in [5, 5.41) is 18.3. The predicted molar refractivity (Wildman–Crippen MR) is 131 cm³/mol. The molecular weight excluding hydrogens is 450 g/mol. The first-order valence-corrected chi connectivity index (χ1v) is 11.4. The molecular formula is C24H27N7O4. The topological polar surface area (TPSA) is 145 Å². The molecule has 182 valence electrons. The Morgan fingerprint density at radius 1 is 1.31 bits per heavy atom. The van der Waals surface area contributed by atoms with E-state index in [-0.39, 0.29) is 17.7 Å². The van der Waals surface area contributed by atoms with E-state index in [9.17, 15) is 9.90 Å². The molecule has 1 aromatic carbocycles. The van der Waals surface area contributed by atoms with Gasteiger partial charge in [0.15, 0.2) is 5.69 Å². The first-order chi connectivity index (χ1) is 17.0. The van der Waals surface area contributed by atoms with E-state index in [1.165, 1.54) is 6.26 Å². The van der Waals surface area contributed by atoms with Crippen molar-refractivity contribution in [3.8, 4) is 11.5 Å². The highest BCUT2D eigenvalue weighted by atomic mass is 16.5. The number of piperidine rings is 1. The van der Waals surface area contributed by atoms with Crippen LogP contribution in [-0.2, 0) is 11.3 Å². The quantitative estimate of drug-likeness (QED) is 0.366. The van der Waals surface area contributed by atoms with Gasteiger partial charge in [0.25, 0.3) is 5.91 Å². The number of nitrogens with one attached hydrogen (secondary N) is 1. The minimum Gasteiger partial charge on any atom is -0.444 e. The number of pyridine rings is 1. The average molecular weight is 478 g/mol. The molecule has 5 rings (SSSR count). The molecule has 0 atom stereocenters. The third-order valence-corrected chi connectivity index (χ3v) is 6.08. The van der Waals surface area contributed by atoms with Crippen LogP contribution in [0, 0.1) is 0 Å². The van der Waals surface area contributed by atoms with Crippen molar-refractivity contribution in [2.75, 3.05) is 42.8 Å². The molecule has 1 aliphatic rings. The monoisotopic (exact) mass is 477 g/mol. The SMILES string of the molecule is COCCn1ncc2cc(NC(=O)c3coc(-c4ccnc(N)c4)n3)c(N3CCC(O)CC3)cc21. The molecule has 11 nitrogen and oxygen atoms in total. The Morgan fingerprint density at radius 3 is 2.91 bits per heavy atom. The lowest BCUT2D eigenvalue weighted by atomic mass is 10.1. The molecule has 1 aliphatic heterocycles. The van der Waals surface area contributed by atoms with Crippen molar-refractivity contribution >= 4 is 34.0 Å². The van der Waals surface area contributed by atoms with Gasteiger partial charge in [0.05, 0.1) is 42.3 Å². The van der Waals surface area contributed by atoms with Crippen LogP contribution in [0.3, 0.4) is 0 Å². The summed E-state index contributed by atoms with van der Waals surface area (Å²) in [4.78, 5) is 23.6. The average Bonchev–Trinajstić information content (AvgIpc) is 3.50. The van der Waals surface area contributed by atoms with Crippen molar-refractivity contribution in [3.63, 3.8) is 0 Å². The number of hydrogen-bond acceptors (Lipinski definition) is 9. The Labute approximate surface area is 201 Å². The number of fused-ring (bicyclic) bond motifs is 1. The minimum absolute atomic E-state index is 0.145. The number of methoxy groups -OCH3 is 1. The highest BCUT2D eigenvalue weighted by Gasteiger charge is 2.23.